The predicted octanol–water partition coefficient (Wildman–Crippen LogP) is 2.49. The molecule has 4 heterocycles. The van der Waals surface area contributed by atoms with Crippen LogP contribution < -0.4 is 16.4 Å². The van der Waals surface area contributed by atoms with E-state index in [1.54, 1.807) is 35.6 Å². The van der Waals surface area contributed by atoms with Crippen molar-refractivity contribution in [2.24, 2.45) is 5.73 Å². The minimum Gasteiger partial charge on any atom is -0.355 e. The molecule has 13 heteroatoms. The Kier molecular flexibility index (Phi) is 8.11. The molecule has 2 fully saturated rings. The molecule has 0 bridgehead atoms. The molecule has 0 atom stereocenters. The number of hydrogen-bond acceptors (Lipinski definition) is 8. The summed E-state index contributed by atoms with van der Waals surface area (Å²) in [6, 6.07) is 4.45. The van der Waals surface area contributed by atoms with Gasteiger partial charge in [0.25, 0.3) is 5.91 Å². The molecule has 1 saturated carbocycles. The number of halogens is 1. The van der Waals surface area contributed by atoms with Gasteiger partial charge in [-0.2, -0.15) is 5.10 Å². The summed E-state index contributed by atoms with van der Waals surface area (Å²) < 4.78 is 17.3. The van der Waals surface area contributed by atoms with Crippen LogP contribution in [0.25, 0.3) is 16.9 Å². The highest BCUT2D eigenvalue weighted by atomic mass is 19.1. The highest BCUT2D eigenvalue weighted by Crippen LogP contribution is 2.40. The first kappa shape index (κ1) is 27.8. The third-order valence-corrected chi connectivity index (χ3v) is 7.75. The maximum atomic E-state index is 15.4. The largest absolute Gasteiger partial charge is 0.355 e. The number of fused-ring (bicyclic) bond motifs is 1. The SMILES string of the molecule is NCCCCNC(=O)CN1CCN(C(=O)c2ccc(Nc3nc(C4CC4)cn4c(-c5cn[nH]c5)cnc34)c(F)c2)CC1. The number of carbonyl (C=O) groups excluding carboxylic acids is 2. The Hall–Kier alpha value is -4.36. The Bertz CT molecular complexity index is 1560. The number of unbranched alkanes of at least 4 members (excludes halogenated alkanes) is 1. The van der Waals surface area contributed by atoms with E-state index in [1.807, 2.05) is 15.5 Å². The van der Waals surface area contributed by atoms with Crippen LogP contribution in [0.3, 0.4) is 0 Å². The first-order valence-corrected chi connectivity index (χ1v) is 14.4. The van der Waals surface area contributed by atoms with E-state index in [2.05, 4.69) is 25.8 Å². The van der Waals surface area contributed by atoms with Crippen molar-refractivity contribution in [3.63, 3.8) is 0 Å². The number of amides is 2. The number of benzene rings is 1. The van der Waals surface area contributed by atoms with Crippen LogP contribution in [0.1, 0.15) is 47.7 Å². The van der Waals surface area contributed by atoms with Crippen LogP contribution in [0.15, 0.2) is 43.0 Å². The van der Waals surface area contributed by atoms with Crippen LogP contribution in [0.4, 0.5) is 15.9 Å². The van der Waals surface area contributed by atoms with E-state index in [0.717, 1.165) is 42.6 Å². The van der Waals surface area contributed by atoms with Gasteiger partial charge in [0.2, 0.25) is 5.91 Å². The summed E-state index contributed by atoms with van der Waals surface area (Å²) in [7, 11) is 0. The van der Waals surface area contributed by atoms with Gasteiger partial charge in [-0.3, -0.25) is 24.0 Å². The van der Waals surface area contributed by atoms with E-state index < -0.39 is 5.82 Å². The first-order valence-electron chi connectivity index (χ1n) is 14.4. The van der Waals surface area contributed by atoms with Crippen molar-refractivity contribution in [3.05, 3.63) is 60.1 Å². The highest BCUT2D eigenvalue weighted by molar-refractivity contribution is 5.95. The molecule has 1 aromatic carbocycles. The molecule has 4 aromatic rings. The summed E-state index contributed by atoms with van der Waals surface area (Å²) >= 11 is 0. The second kappa shape index (κ2) is 12.2. The van der Waals surface area contributed by atoms with Crippen molar-refractivity contribution in [2.45, 2.75) is 31.6 Å². The normalized spacial score (nSPS) is 15.7. The average molecular weight is 575 g/mol. The minimum absolute atomic E-state index is 0.0283. The summed E-state index contributed by atoms with van der Waals surface area (Å²) in [5.74, 6) is 0.00598. The molecule has 12 nitrogen and oxygen atoms in total. The quantitative estimate of drug-likeness (QED) is 0.200. The van der Waals surface area contributed by atoms with Crippen molar-refractivity contribution in [2.75, 3.05) is 51.1 Å². The lowest BCUT2D eigenvalue weighted by molar-refractivity contribution is -0.122. The molecule has 1 aliphatic carbocycles. The van der Waals surface area contributed by atoms with Crippen LogP contribution >= 0.6 is 0 Å². The lowest BCUT2D eigenvalue weighted by Crippen LogP contribution is -2.51. The first-order chi connectivity index (χ1) is 20.5. The summed E-state index contributed by atoms with van der Waals surface area (Å²) in [6.07, 6.45) is 11.1. The molecule has 3 aromatic heterocycles. The molecule has 220 valence electrons. The summed E-state index contributed by atoms with van der Waals surface area (Å²) in [5, 5.41) is 12.9. The molecule has 2 aliphatic rings. The number of nitrogens with two attached hydrogens (primary N) is 1. The van der Waals surface area contributed by atoms with Gasteiger partial charge in [-0.25, -0.2) is 14.4 Å². The zero-order valence-electron chi connectivity index (χ0n) is 23.4. The van der Waals surface area contributed by atoms with Gasteiger partial charge in [0.05, 0.1) is 36.0 Å². The Morgan fingerprint density at radius 1 is 1.12 bits per heavy atom. The van der Waals surface area contributed by atoms with Gasteiger partial charge in [-0.1, -0.05) is 0 Å². The smallest absolute Gasteiger partial charge is 0.254 e. The molecule has 0 spiro atoms. The summed E-state index contributed by atoms with van der Waals surface area (Å²) in [4.78, 5) is 38.4. The van der Waals surface area contributed by atoms with Gasteiger partial charge in [-0.15, -0.1) is 0 Å². The number of nitrogens with one attached hydrogen (secondary N) is 3. The zero-order chi connectivity index (χ0) is 29.1. The average Bonchev–Trinajstić information content (AvgIpc) is 3.53. The number of piperazine rings is 1. The van der Waals surface area contributed by atoms with Crippen molar-refractivity contribution in [1.29, 1.82) is 0 Å². The third-order valence-electron chi connectivity index (χ3n) is 7.75. The molecule has 1 aliphatic heterocycles. The zero-order valence-corrected chi connectivity index (χ0v) is 23.4. The van der Waals surface area contributed by atoms with Gasteiger partial charge in [-0.05, 0) is 50.4 Å². The Morgan fingerprint density at radius 3 is 2.67 bits per heavy atom. The third kappa shape index (κ3) is 6.11. The topological polar surface area (TPSA) is 150 Å². The summed E-state index contributed by atoms with van der Waals surface area (Å²) in [6.45, 7) is 3.62. The van der Waals surface area contributed by atoms with Crippen LogP contribution in [0, 0.1) is 5.82 Å². The molecule has 0 radical (unpaired) electrons. The van der Waals surface area contributed by atoms with Crippen molar-refractivity contribution < 1.29 is 14.0 Å². The van der Waals surface area contributed by atoms with E-state index in [1.165, 1.54) is 6.07 Å². The maximum Gasteiger partial charge on any atom is 0.254 e. The van der Waals surface area contributed by atoms with E-state index >= 15 is 4.39 Å². The molecule has 42 heavy (non-hydrogen) atoms. The van der Waals surface area contributed by atoms with Gasteiger partial charge in [0.1, 0.15) is 5.82 Å². The fraction of sp³-hybridized carbons (Fsp3) is 0.414. The number of H-pyrrole nitrogens is 1. The van der Waals surface area contributed by atoms with Crippen molar-refractivity contribution in [3.8, 4) is 11.3 Å². The minimum atomic E-state index is -0.552. The second-order valence-corrected chi connectivity index (χ2v) is 10.8. The molecule has 5 N–H and O–H groups in total. The molecule has 2 amide bonds. The molecule has 0 unspecified atom stereocenters. The molecular weight excluding hydrogens is 539 g/mol. The Labute approximate surface area is 242 Å². The second-order valence-electron chi connectivity index (χ2n) is 10.8. The molecular formula is C29H35FN10O2. The van der Waals surface area contributed by atoms with Gasteiger partial charge in [0, 0.05) is 62.2 Å². The van der Waals surface area contributed by atoms with Crippen molar-refractivity contribution in [1.82, 2.24) is 39.7 Å². The summed E-state index contributed by atoms with van der Waals surface area (Å²) in [5.41, 5.74) is 9.20. The van der Waals surface area contributed by atoms with E-state index in [4.69, 9.17) is 10.7 Å². The number of carbonyl (C=O) groups is 2. The number of rotatable bonds is 11. The Morgan fingerprint density at radius 2 is 1.95 bits per heavy atom. The van der Waals surface area contributed by atoms with Crippen molar-refractivity contribution >= 4 is 29.0 Å². The maximum absolute atomic E-state index is 15.4. The van der Waals surface area contributed by atoms with E-state index in [9.17, 15) is 9.59 Å². The van der Waals surface area contributed by atoms with E-state index in [0.29, 0.717) is 63.2 Å². The van der Waals surface area contributed by atoms with Crippen LogP contribution in [-0.2, 0) is 4.79 Å². The Balaban J connectivity index is 1.11. The highest BCUT2D eigenvalue weighted by Gasteiger charge is 2.28. The lowest BCUT2D eigenvalue weighted by atomic mass is 10.1. The van der Waals surface area contributed by atoms with Crippen LogP contribution in [0.2, 0.25) is 0 Å². The fourth-order valence-corrected chi connectivity index (χ4v) is 5.20. The number of anilines is 2. The van der Waals surface area contributed by atoms with Gasteiger partial charge >= 0.3 is 0 Å². The number of hydrogen-bond donors (Lipinski definition) is 4. The monoisotopic (exact) mass is 574 g/mol. The van der Waals surface area contributed by atoms with Gasteiger partial charge < -0.3 is 21.3 Å². The van der Waals surface area contributed by atoms with Crippen LogP contribution in [0.5, 0.6) is 0 Å². The standard InChI is InChI=1S/C29H35FN10O2/c30-22-13-20(29(42)39-11-9-38(10-12-39)18-26(41)32-8-2-1-7-31)5-6-23(22)36-27-28-33-16-25(21-14-34-35-15-21)40(28)17-24(37-27)19-3-4-19/h5-6,13-17,19H,1-4,7-12,18,31H2,(H,32,41)(H,34,35)(H,36,37). The lowest BCUT2D eigenvalue weighted by Gasteiger charge is -2.34. The van der Waals surface area contributed by atoms with E-state index in [-0.39, 0.29) is 23.1 Å². The number of aromatic nitrogens is 5. The molecule has 6 rings (SSSR count). The predicted molar refractivity (Wildman–Crippen MR) is 156 cm³/mol. The van der Waals surface area contributed by atoms with Gasteiger partial charge in [0.15, 0.2) is 11.5 Å². The number of imidazole rings is 1. The number of aromatic amines is 1. The van der Waals surface area contributed by atoms with Crippen LogP contribution in [-0.4, -0.2) is 92.0 Å². The number of nitrogens with zero attached hydrogens (tertiary/aromatic N) is 6. The molecule has 1 saturated heterocycles. The fourth-order valence-electron chi connectivity index (χ4n) is 5.20.